The molecule has 2 saturated heterocycles. The summed E-state index contributed by atoms with van der Waals surface area (Å²) >= 11 is 0. The van der Waals surface area contributed by atoms with Crippen LogP contribution in [-0.4, -0.2) is 67.3 Å². The van der Waals surface area contributed by atoms with Crippen molar-refractivity contribution in [2.75, 3.05) is 45.9 Å². The van der Waals surface area contributed by atoms with E-state index in [4.69, 9.17) is 10.5 Å². The lowest BCUT2D eigenvalue weighted by atomic mass is 9.73. The number of nitrogens with two attached hydrogens (primary N) is 1. The average Bonchev–Trinajstić information content (AvgIpc) is 3.04. The molecule has 4 nitrogen and oxygen atoms in total. The Labute approximate surface area is 123 Å². The van der Waals surface area contributed by atoms with Crippen molar-refractivity contribution in [2.24, 2.45) is 11.1 Å². The van der Waals surface area contributed by atoms with Gasteiger partial charge in [-0.1, -0.05) is 20.3 Å². The van der Waals surface area contributed by atoms with E-state index in [-0.39, 0.29) is 5.54 Å². The van der Waals surface area contributed by atoms with Crippen LogP contribution in [0.4, 0.5) is 0 Å². The summed E-state index contributed by atoms with van der Waals surface area (Å²) in [5.74, 6) is 0. The van der Waals surface area contributed by atoms with Gasteiger partial charge in [0.25, 0.3) is 0 Å². The summed E-state index contributed by atoms with van der Waals surface area (Å²) in [6.45, 7) is 12.1. The fourth-order valence-electron chi connectivity index (χ4n) is 4.86. The zero-order chi connectivity index (χ0) is 14.2. The molecule has 0 bridgehead atoms. The van der Waals surface area contributed by atoms with Crippen molar-refractivity contribution in [3.63, 3.8) is 0 Å². The van der Waals surface area contributed by atoms with Gasteiger partial charge in [-0.3, -0.25) is 9.80 Å². The molecule has 3 rings (SSSR count). The Bertz CT molecular complexity index is 341. The number of nitrogens with zero attached hydrogens (tertiary/aromatic N) is 2. The van der Waals surface area contributed by atoms with Crippen LogP contribution in [-0.2, 0) is 4.74 Å². The molecule has 20 heavy (non-hydrogen) atoms. The van der Waals surface area contributed by atoms with E-state index in [1.807, 2.05) is 0 Å². The van der Waals surface area contributed by atoms with Gasteiger partial charge in [0.2, 0.25) is 0 Å². The maximum absolute atomic E-state index is 6.27. The maximum atomic E-state index is 6.27. The summed E-state index contributed by atoms with van der Waals surface area (Å²) < 4.78 is 5.48. The summed E-state index contributed by atoms with van der Waals surface area (Å²) in [7, 11) is 0. The molecule has 0 radical (unpaired) electrons. The molecule has 116 valence electrons. The molecule has 4 heteroatoms. The Morgan fingerprint density at radius 1 is 1.15 bits per heavy atom. The Kier molecular flexibility index (Phi) is 4.10. The minimum Gasteiger partial charge on any atom is -0.379 e. The van der Waals surface area contributed by atoms with E-state index in [1.54, 1.807) is 0 Å². The average molecular weight is 281 g/mol. The second-order valence-corrected chi connectivity index (χ2v) is 7.51. The zero-order valence-corrected chi connectivity index (χ0v) is 13.2. The third-order valence-electron chi connectivity index (χ3n) is 6.32. The topological polar surface area (TPSA) is 41.7 Å². The quantitative estimate of drug-likeness (QED) is 0.847. The van der Waals surface area contributed by atoms with Gasteiger partial charge < -0.3 is 10.5 Å². The van der Waals surface area contributed by atoms with Crippen LogP contribution >= 0.6 is 0 Å². The van der Waals surface area contributed by atoms with Crippen molar-refractivity contribution in [1.82, 2.24) is 9.80 Å². The second kappa shape index (κ2) is 5.56. The molecule has 0 aromatic carbocycles. The molecule has 2 unspecified atom stereocenters. The Morgan fingerprint density at radius 3 is 2.50 bits per heavy atom. The molecule has 2 N–H and O–H groups in total. The fourth-order valence-corrected chi connectivity index (χ4v) is 4.86. The van der Waals surface area contributed by atoms with Crippen LogP contribution in [0.5, 0.6) is 0 Å². The van der Waals surface area contributed by atoms with Crippen molar-refractivity contribution < 1.29 is 4.74 Å². The highest BCUT2D eigenvalue weighted by Gasteiger charge is 2.53. The smallest absolute Gasteiger partial charge is 0.0594 e. The predicted molar refractivity (Wildman–Crippen MR) is 81.8 cm³/mol. The Morgan fingerprint density at radius 2 is 1.90 bits per heavy atom. The largest absolute Gasteiger partial charge is 0.379 e. The van der Waals surface area contributed by atoms with Crippen molar-refractivity contribution in [3.8, 4) is 0 Å². The summed E-state index contributed by atoms with van der Waals surface area (Å²) in [4.78, 5) is 5.37. The second-order valence-electron chi connectivity index (χ2n) is 7.51. The van der Waals surface area contributed by atoms with Gasteiger partial charge in [-0.05, 0) is 24.7 Å². The lowest BCUT2D eigenvalue weighted by Gasteiger charge is -2.48. The van der Waals surface area contributed by atoms with E-state index >= 15 is 0 Å². The first-order chi connectivity index (χ1) is 9.59. The standard InChI is InChI=1S/C16H31N3O/c1-15(2)5-3-6-16(15,13-17)19-7-4-14(12-19)18-8-10-20-11-9-18/h14H,3-13,17H2,1-2H3. The van der Waals surface area contributed by atoms with E-state index < -0.39 is 0 Å². The molecule has 2 aliphatic heterocycles. The molecule has 1 aliphatic carbocycles. The SMILES string of the molecule is CC1(C)CCCC1(CN)N1CCC(N2CCOCC2)C1. The molecule has 1 saturated carbocycles. The van der Waals surface area contributed by atoms with Crippen LogP contribution in [0.1, 0.15) is 39.5 Å². The van der Waals surface area contributed by atoms with E-state index in [0.717, 1.165) is 38.9 Å². The number of morpholine rings is 1. The van der Waals surface area contributed by atoms with Gasteiger partial charge in [-0.2, -0.15) is 0 Å². The predicted octanol–water partition coefficient (Wildman–Crippen LogP) is 1.30. The number of rotatable bonds is 3. The summed E-state index contributed by atoms with van der Waals surface area (Å²) in [6, 6.07) is 0.721. The molecule has 3 fully saturated rings. The van der Waals surface area contributed by atoms with Gasteiger partial charge in [0.05, 0.1) is 13.2 Å². The minimum absolute atomic E-state index is 0.244. The van der Waals surface area contributed by atoms with Gasteiger partial charge in [0, 0.05) is 44.3 Å². The number of hydrogen-bond donors (Lipinski definition) is 1. The van der Waals surface area contributed by atoms with Crippen LogP contribution in [0.15, 0.2) is 0 Å². The minimum atomic E-state index is 0.244. The van der Waals surface area contributed by atoms with Gasteiger partial charge >= 0.3 is 0 Å². The van der Waals surface area contributed by atoms with Crippen LogP contribution in [0.3, 0.4) is 0 Å². The number of likely N-dealkylation sites (tertiary alicyclic amines) is 1. The summed E-state index contributed by atoms with van der Waals surface area (Å²) in [5.41, 5.74) is 6.88. The van der Waals surface area contributed by atoms with E-state index in [9.17, 15) is 0 Å². The molecule has 3 aliphatic rings. The highest BCUT2D eigenvalue weighted by Crippen LogP contribution is 2.50. The van der Waals surface area contributed by atoms with Gasteiger partial charge in [0.15, 0.2) is 0 Å². The first-order valence-electron chi connectivity index (χ1n) is 8.36. The van der Waals surface area contributed by atoms with Crippen molar-refractivity contribution in [2.45, 2.75) is 51.1 Å². The highest BCUT2D eigenvalue weighted by atomic mass is 16.5. The van der Waals surface area contributed by atoms with Crippen LogP contribution < -0.4 is 5.73 Å². The van der Waals surface area contributed by atoms with Gasteiger partial charge in [-0.25, -0.2) is 0 Å². The molecule has 0 aromatic heterocycles. The van der Waals surface area contributed by atoms with E-state index in [1.165, 1.54) is 38.8 Å². The van der Waals surface area contributed by atoms with Crippen LogP contribution in [0.25, 0.3) is 0 Å². The summed E-state index contributed by atoms with van der Waals surface area (Å²) in [6.07, 6.45) is 5.25. The number of ether oxygens (including phenoxy) is 1. The Balaban J connectivity index is 1.69. The highest BCUT2D eigenvalue weighted by molar-refractivity contribution is 5.09. The maximum Gasteiger partial charge on any atom is 0.0594 e. The van der Waals surface area contributed by atoms with Gasteiger partial charge in [-0.15, -0.1) is 0 Å². The Hall–Kier alpha value is -0.160. The molecule has 2 atom stereocenters. The molecule has 0 spiro atoms. The molecule has 0 amide bonds. The normalized spacial score (nSPS) is 39.5. The lowest BCUT2D eigenvalue weighted by Crippen LogP contribution is -2.59. The monoisotopic (exact) mass is 281 g/mol. The third-order valence-corrected chi connectivity index (χ3v) is 6.32. The van der Waals surface area contributed by atoms with Crippen LogP contribution in [0, 0.1) is 5.41 Å². The van der Waals surface area contributed by atoms with Gasteiger partial charge in [0.1, 0.15) is 0 Å². The third kappa shape index (κ3) is 2.31. The van der Waals surface area contributed by atoms with Crippen molar-refractivity contribution >= 4 is 0 Å². The van der Waals surface area contributed by atoms with Crippen LogP contribution in [0.2, 0.25) is 0 Å². The first-order valence-corrected chi connectivity index (χ1v) is 8.36. The molecule has 0 aromatic rings. The zero-order valence-electron chi connectivity index (χ0n) is 13.2. The molecular weight excluding hydrogens is 250 g/mol. The molecular formula is C16H31N3O. The lowest BCUT2D eigenvalue weighted by molar-refractivity contribution is 0.00231. The van der Waals surface area contributed by atoms with Crippen molar-refractivity contribution in [3.05, 3.63) is 0 Å². The fraction of sp³-hybridized carbons (Fsp3) is 1.00. The molecule has 2 heterocycles. The first kappa shape index (κ1) is 14.8. The number of hydrogen-bond acceptors (Lipinski definition) is 4. The van der Waals surface area contributed by atoms with E-state index in [2.05, 4.69) is 23.6 Å². The summed E-state index contributed by atoms with van der Waals surface area (Å²) in [5, 5.41) is 0. The van der Waals surface area contributed by atoms with E-state index in [0.29, 0.717) is 5.41 Å². The van der Waals surface area contributed by atoms with Crippen molar-refractivity contribution in [1.29, 1.82) is 0 Å².